The number of halogens is 1. The second kappa shape index (κ2) is 11.5. The Balaban J connectivity index is 1.97. The van der Waals surface area contributed by atoms with Crippen molar-refractivity contribution in [2.75, 3.05) is 38.7 Å². The Labute approximate surface area is 221 Å². The number of aliphatic carboxylic acids is 2. The molecule has 0 spiro atoms. The summed E-state index contributed by atoms with van der Waals surface area (Å²) in [6, 6.07) is 9.36. The number of methoxy groups -OCH3 is 1. The molecule has 0 aromatic heterocycles. The Kier molecular flexibility index (Phi) is 8.36. The van der Waals surface area contributed by atoms with Gasteiger partial charge in [-0.2, -0.15) is 0 Å². The molecule has 9 nitrogen and oxygen atoms in total. The number of rotatable bonds is 8. The molecule has 37 heavy (non-hydrogen) atoms. The lowest BCUT2D eigenvalue weighted by atomic mass is 9.82. The van der Waals surface area contributed by atoms with Crippen LogP contribution in [0.4, 0.5) is 17.1 Å². The van der Waals surface area contributed by atoms with E-state index in [1.54, 1.807) is 19.2 Å². The number of hydrogen-bond donors (Lipinski definition) is 4. The number of anilines is 2. The number of ether oxygens (including phenoxy) is 1. The predicted molar refractivity (Wildman–Crippen MR) is 144 cm³/mol. The van der Waals surface area contributed by atoms with E-state index in [-0.39, 0.29) is 12.0 Å². The third-order valence-electron chi connectivity index (χ3n) is 6.83. The molecular weight excluding hydrogens is 496 g/mol. The highest BCUT2D eigenvalue weighted by atomic mass is 35.5. The number of nitrogens with one attached hydrogen (secondary N) is 2. The number of nitrogens with zero attached hydrogens (tertiary/aromatic N) is 2. The topological polar surface area (TPSA) is 123 Å². The van der Waals surface area contributed by atoms with Crippen molar-refractivity contribution in [2.45, 2.75) is 44.6 Å². The molecular formula is C27H33ClN4O5. The minimum Gasteiger partial charge on any atom is -0.481 e. The van der Waals surface area contributed by atoms with Gasteiger partial charge in [0, 0.05) is 55.7 Å². The SMILES string of the molecule is COCCC1CN(C2=Nc3cc(Cl)ccc3Nc3ccc(C(C)C)c([C@H](CC(=O)O)C(=O)O)c32)CCN1. The highest BCUT2D eigenvalue weighted by Crippen LogP contribution is 2.42. The maximum atomic E-state index is 12.5. The zero-order chi connectivity index (χ0) is 26.7. The van der Waals surface area contributed by atoms with E-state index >= 15 is 0 Å². The molecule has 1 fully saturated rings. The van der Waals surface area contributed by atoms with Gasteiger partial charge in [-0.1, -0.05) is 31.5 Å². The highest BCUT2D eigenvalue weighted by molar-refractivity contribution is 6.31. The number of carboxylic acids is 2. The molecule has 1 saturated heterocycles. The summed E-state index contributed by atoms with van der Waals surface area (Å²) in [4.78, 5) is 31.5. The molecule has 2 heterocycles. The largest absolute Gasteiger partial charge is 0.481 e. The second-order valence-electron chi connectivity index (χ2n) is 9.73. The van der Waals surface area contributed by atoms with E-state index in [1.165, 1.54) is 0 Å². The molecule has 4 N–H and O–H groups in total. The molecule has 4 rings (SSSR count). The van der Waals surface area contributed by atoms with Gasteiger partial charge >= 0.3 is 11.9 Å². The molecule has 2 aliphatic heterocycles. The fourth-order valence-corrected chi connectivity index (χ4v) is 5.23. The summed E-state index contributed by atoms with van der Waals surface area (Å²) in [5.41, 5.74) is 3.95. The lowest BCUT2D eigenvalue weighted by Gasteiger charge is -2.37. The molecule has 0 radical (unpaired) electrons. The third kappa shape index (κ3) is 5.89. The Morgan fingerprint density at radius 1 is 1.22 bits per heavy atom. The molecule has 2 aromatic rings. The van der Waals surface area contributed by atoms with Gasteiger partial charge in [0.25, 0.3) is 0 Å². The van der Waals surface area contributed by atoms with Gasteiger partial charge in [-0.15, -0.1) is 0 Å². The van der Waals surface area contributed by atoms with Gasteiger partial charge in [0.05, 0.1) is 23.7 Å². The first-order valence-corrected chi connectivity index (χ1v) is 12.8. The van der Waals surface area contributed by atoms with Crippen molar-refractivity contribution in [1.82, 2.24) is 10.2 Å². The first-order chi connectivity index (χ1) is 17.7. The summed E-state index contributed by atoms with van der Waals surface area (Å²) in [5, 5.41) is 27.3. The fourth-order valence-electron chi connectivity index (χ4n) is 5.07. The van der Waals surface area contributed by atoms with Crippen LogP contribution in [0.15, 0.2) is 35.3 Å². The summed E-state index contributed by atoms with van der Waals surface area (Å²) < 4.78 is 5.28. The van der Waals surface area contributed by atoms with Crippen LogP contribution in [-0.4, -0.2) is 72.3 Å². The van der Waals surface area contributed by atoms with Gasteiger partial charge in [0.2, 0.25) is 0 Å². The number of amidine groups is 1. The summed E-state index contributed by atoms with van der Waals surface area (Å²) >= 11 is 6.32. The number of carboxylic acid groups (broad SMARTS) is 2. The molecule has 198 valence electrons. The molecule has 0 bridgehead atoms. The first kappa shape index (κ1) is 26.9. The number of fused-ring (bicyclic) bond motifs is 2. The van der Waals surface area contributed by atoms with E-state index < -0.39 is 24.3 Å². The van der Waals surface area contributed by atoms with E-state index in [0.717, 1.165) is 24.2 Å². The van der Waals surface area contributed by atoms with E-state index in [9.17, 15) is 19.8 Å². The summed E-state index contributed by atoms with van der Waals surface area (Å²) in [6.45, 7) is 6.57. The third-order valence-corrected chi connectivity index (χ3v) is 7.07. The number of hydrogen-bond acceptors (Lipinski definition) is 7. The predicted octanol–water partition coefficient (Wildman–Crippen LogP) is 4.55. The summed E-state index contributed by atoms with van der Waals surface area (Å²) in [7, 11) is 1.67. The average Bonchev–Trinajstić information content (AvgIpc) is 3.02. The van der Waals surface area contributed by atoms with Gasteiger partial charge in [-0.25, -0.2) is 4.99 Å². The van der Waals surface area contributed by atoms with Crippen LogP contribution in [0.1, 0.15) is 55.2 Å². The smallest absolute Gasteiger partial charge is 0.311 e. The van der Waals surface area contributed by atoms with Crippen LogP contribution in [0.2, 0.25) is 5.02 Å². The number of piperazine rings is 1. The minimum atomic E-state index is -1.24. The zero-order valence-corrected chi connectivity index (χ0v) is 22.0. The van der Waals surface area contributed by atoms with E-state index in [4.69, 9.17) is 21.3 Å². The minimum absolute atomic E-state index is 0.0326. The van der Waals surface area contributed by atoms with Crippen molar-refractivity contribution >= 4 is 46.4 Å². The van der Waals surface area contributed by atoms with Crippen molar-refractivity contribution in [1.29, 1.82) is 0 Å². The molecule has 0 amide bonds. The maximum absolute atomic E-state index is 12.5. The van der Waals surface area contributed by atoms with Gasteiger partial charge in [-0.3, -0.25) is 9.59 Å². The number of carbonyl (C=O) groups is 2. The monoisotopic (exact) mass is 528 g/mol. The van der Waals surface area contributed by atoms with Crippen LogP contribution in [-0.2, 0) is 14.3 Å². The Morgan fingerprint density at radius 3 is 2.65 bits per heavy atom. The standard InChI is InChI=1S/C27H33ClN4O5/c1-15(2)18-5-7-21-25(24(18)19(27(35)36)13-23(33)34)26(31-22-12-16(28)4-6-20(22)30-21)32-10-9-29-17(14-32)8-11-37-3/h4-7,12,15,17,19,29-30H,8-11,13-14H2,1-3H3,(H,33,34)(H,35,36)/t17?,19-/m0/s1. The van der Waals surface area contributed by atoms with Gasteiger partial charge in [0.15, 0.2) is 0 Å². The Bertz CT molecular complexity index is 1220. The van der Waals surface area contributed by atoms with Crippen LogP contribution >= 0.6 is 11.6 Å². The average molecular weight is 529 g/mol. The van der Waals surface area contributed by atoms with Crippen molar-refractivity contribution in [3.8, 4) is 0 Å². The quantitative estimate of drug-likeness (QED) is 0.393. The zero-order valence-electron chi connectivity index (χ0n) is 21.3. The van der Waals surface area contributed by atoms with Crippen molar-refractivity contribution in [3.63, 3.8) is 0 Å². The summed E-state index contributed by atoms with van der Waals surface area (Å²) in [5.74, 6) is -3.01. The molecule has 2 aliphatic rings. The molecule has 0 saturated carbocycles. The van der Waals surface area contributed by atoms with Gasteiger partial charge < -0.3 is 30.5 Å². The fraction of sp³-hybridized carbons (Fsp3) is 0.444. The van der Waals surface area contributed by atoms with Gasteiger partial charge in [-0.05, 0) is 47.7 Å². The molecule has 0 aliphatic carbocycles. The molecule has 2 atom stereocenters. The Morgan fingerprint density at radius 2 is 1.97 bits per heavy atom. The summed E-state index contributed by atoms with van der Waals surface area (Å²) in [6.07, 6.45) is 0.277. The van der Waals surface area contributed by atoms with Crippen LogP contribution in [0, 0.1) is 0 Å². The highest BCUT2D eigenvalue weighted by Gasteiger charge is 2.35. The Hall–Kier alpha value is -3.14. The number of aliphatic imine (C=N–C) groups is 1. The van der Waals surface area contributed by atoms with E-state index in [1.807, 2.05) is 32.0 Å². The van der Waals surface area contributed by atoms with Crippen LogP contribution in [0.3, 0.4) is 0 Å². The van der Waals surface area contributed by atoms with Gasteiger partial charge in [0.1, 0.15) is 5.84 Å². The number of benzene rings is 2. The van der Waals surface area contributed by atoms with Crippen molar-refractivity contribution < 1.29 is 24.5 Å². The molecule has 1 unspecified atom stereocenters. The van der Waals surface area contributed by atoms with Crippen molar-refractivity contribution in [3.05, 3.63) is 52.0 Å². The first-order valence-electron chi connectivity index (χ1n) is 12.4. The molecule has 10 heteroatoms. The van der Waals surface area contributed by atoms with Crippen LogP contribution in [0.5, 0.6) is 0 Å². The lowest BCUT2D eigenvalue weighted by Crippen LogP contribution is -2.53. The van der Waals surface area contributed by atoms with E-state index in [0.29, 0.717) is 53.1 Å². The maximum Gasteiger partial charge on any atom is 0.311 e. The van der Waals surface area contributed by atoms with Crippen LogP contribution < -0.4 is 10.6 Å². The lowest BCUT2D eigenvalue weighted by molar-refractivity contribution is -0.145. The normalized spacial score (nSPS) is 17.8. The second-order valence-corrected chi connectivity index (χ2v) is 10.2. The molecule has 2 aromatic carbocycles. The van der Waals surface area contributed by atoms with E-state index in [2.05, 4.69) is 15.5 Å². The van der Waals surface area contributed by atoms with Crippen molar-refractivity contribution in [2.24, 2.45) is 4.99 Å². The van der Waals surface area contributed by atoms with Crippen LogP contribution in [0.25, 0.3) is 0 Å².